The maximum Gasteiger partial charge on any atom is 0.436 e. The largest absolute Gasteiger partial charge is 0.436 e. The van der Waals surface area contributed by atoms with Crippen molar-refractivity contribution in [3.63, 3.8) is 0 Å². The van der Waals surface area contributed by atoms with E-state index in [0.717, 1.165) is 6.07 Å². The number of aromatic nitrogens is 1. The molecule has 1 heterocycles. The summed E-state index contributed by atoms with van der Waals surface area (Å²) in [6.45, 7) is 0. The van der Waals surface area contributed by atoms with Crippen LogP contribution in [0.2, 0.25) is 0 Å². The van der Waals surface area contributed by atoms with Gasteiger partial charge in [0.15, 0.2) is 11.5 Å². The van der Waals surface area contributed by atoms with Crippen LogP contribution in [-0.4, -0.2) is 4.98 Å². The second kappa shape index (κ2) is 3.15. The van der Waals surface area contributed by atoms with E-state index in [0.29, 0.717) is 0 Å². The molecular weight excluding hydrogens is 289 g/mol. The van der Waals surface area contributed by atoms with Crippen molar-refractivity contribution in [2.24, 2.45) is 0 Å². The highest BCUT2D eigenvalue weighted by molar-refractivity contribution is 14.1. The van der Waals surface area contributed by atoms with Crippen molar-refractivity contribution < 1.29 is 17.6 Å². The van der Waals surface area contributed by atoms with Gasteiger partial charge in [-0.05, 0) is 34.7 Å². The summed E-state index contributed by atoms with van der Waals surface area (Å²) in [7, 11) is 0. The molecule has 0 aliphatic heterocycles. The summed E-state index contributed by atoms with van der Waals surface area (Å²) in [5, 5.41) is 0. The molecule has 0 bridgehead atoms. The minimum atomic E-state index is -4.72. The summed E-state index contributed by atoms with van der Waals surface area (Å²) in [6.07, 6.45) is -4.72. The van der Waals surface area contributed by atoms with Crippen LogP contribution in [0.5, 0.6) is 0 Å². The molecule has 1 aromatic rings. The molecule has 1 rings (SSSR count). The summed E-state index contributed by atoms with van der Waals surface area (Å²) >= 11 is 1.58. The van der Waals surface area contributed by atoms with Gasteiger partial charge in [-0.3, -0.25) is 0 Å². The fourth-order valence-electron chi connectivity index (χ4n) is 0.617. The Kier molecular flexibility index (Phi) is 2.55. The van der Waals surface area contributed by atoms with Crippen LogP contribution in [0.4, 0.5) is 17.6 Å². The van der Waals surface area contributed by atoms with Crippen LogP contribution in [0, 0.1) is 9.52 Å². The zero-order chi connectivity index (χ0) is 9.35. The first kappa shape index (κ1) is 9.69. The van der Waals surface area contributed by atoms with E-state index in [1.807, 2.05) is 0 Å². The summed E-state index contributed by atoms with van der Waals surface area (Å²) in [5.74, 6) is -1.34. The predicted molar refractivity (Wildman–Crippen MR) is 41.9 cm³/mol. The van der Waals surface area contributed by atoms with Crippen molar-refractivity contribution in [3.05, 3.63) is 27.3 Å². The van der Waals surface area contributed by atoms with Crippen molar-refractivity contribution in [3.8, 4) is 0 Å². The molecule has 0 aliphatic carbocycles. The second-order valence-electron chi connectivity index (χ2n) is 1.96. The number of halogens is 5. The fourth-order valence-corrected chi connectivity index (χ4v) is 1.04. The van der Waals surface area contributed by atoms with Crippen molar-refractivity contribution in [1.82, 2.24) is 4.98 Å². The Morgan fingerprint density at radius 1 is 1.25 bits per heavy atom. The Morgan fingerprint density at radius 2 is 1.83 bits per heavy atom. The van der Waals surface area contributed by atoms with E-state index in [-0.39, 0.29) is 3.70 Å². The van der Waals surface area contributed by atoms with Crippen LogP contribution in [0.1, 0.15) is 5.69 Å². The molecule has 1 aromatic heterocycles. The van der Waals surface area contributed by atoms with E-state index < -0.39 is 17.7 Å². The molecule has 0 atom stereocenters. The summed E-state index contributed by atoms with van der Waals surface area (Å²) in [6, 6.07) is 1.92. The predicted octanol–water partition coefficient (Wildman–Crippen LogP) is 2.84. The molecule has 0 aliphatic rings. The van der Waals surface area contributed by atoms with E-state index in [2.05, 4.69) is 4.98 Å². The van der Waals surface area contributed by atoms with Gasteiger partial charge in [-0.25, -0.2) is 9.37 Å². The average Bonchev–Trinajstić information content (AvgIpc) is 1.92. The molecule has 0 aromatic carbocycles. The minimum absolute atomic E-state index is 0.112. The van der Waals surface area contributed by atoms with Gasteiger partial charge in [0.25, 0.3) is 0 Å². The summed E-state index contributed by atoms with van der Waals surface area (Å²) in [4.78, 5) is 3.03. The monoisotopic (exact) mass is 291 g/mol. The Balaban J connectivity index is 3.23. The van der Waals surface area contributed by atoms with E-state index in [1.165, 1.54) is 6.07 Å². The van der Waals surface area contributed by atoms with Crippen LogP contribution in [0.3, 0.4) is 0 Å². The number of rotatable bonds is 0. The molecule has 0 amide bonds. The number of alkyl halides is 3. The molecule has 6 heteroatoms. The normalized spacial score (nSPS) is 11.8. The Bertz CT molecular complexity index is 296. The van der Waals surface area contributed by atoms with E-state index in [9.17, 15) is 17.6 Å². The lowest BCUT2D eigenvalue weighted by Gasteiger charge is -2.05. The number of hydrogen-bond donors (Lipinski definition) is 0. The smallest absolute Gasteiger partial charge is 0.234 e. The molecule has 1 nitrogen and oxygen atoms in total. The lowest BCUT2D eigenvalue weighted by molar-refractivity contribution is -0.143. The van der Waals surface area contributed by atoms with Crippen molar-refractivity contribution in [1.29, 1.82) is 0 Å². The highest BCUT2D eigenvalue weighted by Crippen LogP contribution is 2.29. The first-order chi connectivity index (χ1) is 5.41. The number of hydrogen-bond acceptors (Lipinski definition) is 1. The van der Waals surface area contributed by atoms with E-state index in [4.69, 9.17) is 0 Å². The van der Waals surface area contributed by atoms with E-state index >= 15 is 0 Å². The van der Waals surface area contributed by atoms with Gasteiger partial charge >= 0.3 is 6.18 Å². The zero-order valence-corrected chi connectivity index (χ0v) is 7.65. The third kappa shape index (κ3) is 2.05. The van der Waals surface area contributed by atoms with Crippen molar-refractivity contribution in [2.75, 3.05) is 0 Å². The molecule has 0 saturated carbocycles. The zero-order valence-electron chi connectivity index (χ0n) is 5.49. The first-order valence-electron chi connectivity index (χ1n) is 2.80. The third-order valence-corrected chi connectivity index (χ3v) is 1.68. The first-order valence-corrected chi connectivity index (χ1v) is 3.88. The fraction of sp³-hybridized carbons (Fsp3) is 0.167. The number of nitrogens with zero attached hydrogens (tertiary/aromatic N) is 1. The van der Waals surface area contributed by atoms with Crippen LogP contribution >= 0.6 is 22.6 Å². The molecule has 66 valence electrons. The van der Waals surface area contributed by atoms with E-state index in [1.54, 1.807) is 22.6 Å². The summed E-state index contributed by atoms with van der Waals surface area (Å²) < 4.78 is 48.4. The molecule has 0 unspecified atom stereocenters. The van der Waals surface area contributed by atoms with Crippen molar-refractivity contribution in [2.45, 2.75) is 6.18 Å². The van der Waals surface area contributed by atoms with Gasteiger partial charge in [0.2, 0.25) is 0 Å². The highest BCUT2D eigenvalue weighted by atomic mass is 127. The molecule has 0 N–H and O–H groups in total. The van der Waals surface area contributed by atoms with Gasteiger partial charge in [-0.1, -0.05) is 0 Å². The molecule has 0 saturated heterocycles. The molecule has 12 heavy (non-hydrogen) atoms. The van der Waals surface area contributed by atoms with Gasteiger partial charge in [0.1, 0.15) is 3.70 Å². The SMILES string of the molecule is Fc1ccc(I)nc1C(F)(F)F. The Labute approximate surface area is 78.9 Å². The van der Waals surface area contributed by atoms with Gasteiger partial charge in [0, 0.05) is 0 Å². The summed E-state index contributed by atoms with van der Waals surface area (Å²) in [5.41, 5.74) is -1.46. The number of pyridine rings is 1. The highest BCUT2D eigenvalue weighted by Gasteiger charge is 2.36. The van der Waals surface area contributed by atoms with Crippen LogP contribution in [0.25, 0.3) is 0 Å². The average molecular weight is 291 g/mol. The lowest BCUT2D eigenvalue weighted by atomic mass is 10.3. The van der Waals surface area contributed by atoms with Gasteiger partial charge in [-0.2, -0.15) is 13.2 Å². The quantitative estimate of drug-likeness (QED) is 0.407. The van der Waals surface area contributed by atoms with Crippen LogP contribution < -0.4 is 0 Å². The lowest BCUT2D eigenvalue weighted by Crippen LogP contribution is -2.11. The third-order valence-electron chi connectivity index (χ3n) is 1.08. The minimum Gasteiger partial charge on any atom is -0.234 e. The maximum absolute atomic E-state index is 12.5. The topological polar surface area (TPSA) is 12.9 Å². The van der Waals surface area contributed by atoms with Crippen LogP contribution in [-0.2, 0) is 6.18 Å². The van der Waals surface area contributed by atoms with Gasteiger partial charge < -0.3 is 0 Å². The Hall–Kier alpha value is -0.400. The maximum atomic E-state index is 12.5. The van der Waals surface area contributed by atoms with Gasteiger partial charge in [0.05, 0.1) is 0 Å². The standard InChI is InChI=1S/C6H2F4IN/c7-3-1-2-4(11)12-5(3)6(8,9)10/h1-2H. The molecule has 0 spiro atoms. The molecular formula is C6H2F4IN. The molecule has 0 fully saturated rings. The van der Waals surface area contributed by atoms with Gasteiger partial charge in [-0.15, -0.1) is 0 Å². The second-order valence-corrected chi connectivity index (χ2v) is 3.07. The van der Waals surface area contributed by atoms with Crippen molar-refractivity contribution >= 4 is 22.6 Å². The van der Waals surface area contributed by atoms with Crippen LogP contribution in [0.15, 0.2) is 12.1 Å². The molecule has 0 radical (unpaired) electrons. The Morgan fingerprint density at radius 3 is 2.25 bits per heavy atom.